The van der Waals surface area contributed by atoms with Gasteiger partial charge in [-0.3, -0.25) is 0 Å². The van der Waals surface area contributed by atoms with Gasteiger partial charge in [-0.15, -0.1) is 0 Å². The topological polar surface area (TPSA) is 91.7 Å². The van der Waals surface area contributed by atoms with Crippen molar-refractivity contribution in [2.24, 2.45) is 16.5 Å². The number of hydrogen-bond donors (Lipinski definition) is 4. The Morgan fingerprint density at radius 1 is 1.53 bits per heavy atom. The zero-order valence-corrected chi connectivity index (χ0v) is 9.99. The molecule has 1 rings (SSSR count). The number of rotatable bonds is 2. The zero-order chi connectivity index (χ0) is 11.4. The maximum atomic E-state index is 5.38. The number of nitrogens with zero attached hydrogens (tertiary/aromatic N) is 2. The Hall–Kier alpha value is -1.15. The summed E-state index contributed by atoms with van der Waals surface area (Å²) in [6.07, 6.45) is -0.140. The third-order valence-electron chi connectivity index (χ3n) is 1.90. The summed E-state index contributed by atoms with van der Waals surface area (Å²) in [5, 5.41) is 6.10. The molecule has 1 atom stereocenters. The second kappa shape index (κ2) is 5.08. The summed E-state index contributed by atoms with van der Waals surface area (Å²) in [4.78, 5) is 6.30. The highest BCUT2D eigenvalue weighted by Gasteiger charge is 2.24. The van der Waals surface area contributed by atoms with E-state index >= 15 is 0 Å². The maximum Gasteiger partial charge on any atom is 0.202 e. The SMILES string of the molecule is CCN1CC(NC(N)=S)N=C1NC(N)=S. The Labute approximate surface area is 99.1 Å². The minimum Gasteiger partial charge on any atom is -0.376 e. The zero-order valence-electron chi connectivity index (χ0n) is 8.36. The van der Waals surface area contributed by atoms with Crippen LogP contribution >= 0.6 is 24.4 Å². The number of likely N-dealkylation sites (N-methyl/N-ethyl adjacent to an activating group) is 1. The molecule has 0 aromatic heterocycles. The lowest BCUT2D eigenvalue weighted by atomic mass is 10.5. The minimum atomic E-state index is -0.140. The van der Waals surface area contributed by atoms with Crippen molar-refractivity contribution in [1.82, 2.24) is 15.5 Å². The highest BCUT2D eigenvalue weighted by Crippen LogP contribution is 2.04. The molecule has 0 saturated heterocycles. The van der Waals surface area contributed by atoms with Gasteiger partial charge in [0.25, 0.3) is 0 Å². The molecule has 0 aromatic carbocycles. The second-order valence-electron chi connectivity index (χ2n) is 3.00. The molecule has 0 saturated carbocycles. The average Bonchev–Trinajstić information content (AvgIpc) is 2.45. The number of nitrogens with one attached hydrogen (secondary N) is 2. The first-order valence-corrected chi connectivity index (χ1v) is 5.29. The van der Waals surface area contributed by atoms with Gasteiger partial charge in [-0.05, 0) is 31.4 Å². The maximum absolute atomic E-state index is 5.38. The fraction of sp³-hybridized carbons (Fsp3) is 0.571. The van der Waals surface area contributed by atoms with E-state index in [-0.39, 0.29) is 16.4 Å². The van der Waals surface area contributed by atoms with Crippen molar-refractivity contribution < 1.29 is 0 Å². The number of thiocarbonyl (C=S) groups is 2. The van der Waals surface area contributed by atoms with Crippen molar-refractivity contribution in [3.63, 3.8) is 0 Å². The Bertz CT molecular complexity index is 302. The quantitative estimate of drug-likeness (QED) is 0.449. The average molecular weight is 246 g/mol. The molecule has 0 fully saturated rings. The van der Waals surface area contributed by atoms with Crippen molar-refractivity contribution in [2.45, 2.75) is 13.1 Å². The molecule has 0 spiro atoms. The van der Waals surface area contributed by atoms with Crippen LogP contribution in [0, 0.1) is 0 Å². The predicted octanol–water partition coefficient (Wildman–Crippen LogP) is -1.33. The molecule has 0 aromatic rings. The Balaban J connectivity index is 2.64. The molecule has 15 heavy (non-hydrogen) atoms. The van der Waals surface area contributed by atoms with Crippen LogP contribution in [0.2, 0.25) is 0 Å². The Morgan fingerprint density at radius 3 is 2.67 bits per heavy atom. The molecule has 1 aliphatic heterocycles. The molecule has 6 N–H and O–H groups in total. The molecule has 0 aliphatic carbocycles. The standard InChI is InChI=1S/C7H14N6S2/c1-2-13-3-4(10-5(8)14)11-7(13)12-6(9)15/h4H,2-3H2,1H3,(H3,8,10,14)(H3,9,11,12,15). The van der Waals surface area contributed by atoms with Crippen LogP contribution in [-0.4, -0.2) is 40.3 Å². The van der Waals surface area contributed by atoms with E-state index in [0.717, 1.165) is 6.54 Å². The second-order valence-corrected chi connectivity index (χ2v) is 3.88. The molecular formula is C7H14N6S2. The van der Waals surface area contributed by atoms with Gasteiger partial charge in [0, 0.05) is 6.54 Å². The fourth-order valence-electron chi connectivity index (χ4n) is 1.31. The summed E-state index contributed by atoms with van der Waals surface area (Å²) in [5.41, 5.74) is 10.7. The smallest absolute Gasteiger partial charge is 0.202 e. The molecule has 8 heteroatoms. The van der Waals surface area contributed by atoms with E-state index in [9.17, 15) is 0 Å². The molecular weight excluding hydrogens is 232 g/mol. The van der Waals surface area contributed by atoms with Gasteiger partial charge in [-0.25, -0.2) is 4.99 Å². The Morgan fingerprint density at radius 2 is 2.20 bits per heavy atom. The van der Waals surface area contributed by atoms with E-state index in [1.165, 1.54) is 0 Å². The van der Waals surface area contributed by atoms with Crippen LogP contribution in [0.5, 0.6) is 0 Å². The van der Waals surface area contributed by atoms with Crippen LogP contribution < -0.4 is 22.1 Å². The van der Waals surface area contributed by atoms with E-state index in [1.807, 2.05) is 11.8 Å². The highest BCUT2D eigenvalue weighted by atomic mass is 32.1. The van der Waals surface area contributed by atoms with Crippen LogP contribution in [0.4, 0.5) is 0 Å². The molecule has 1 aliphatic rings. The van der Waals surface area contributed by atoms with E-state index in [1.54, 1.807) is 0 Å². The van der Waals surface area contributed by atoms with Crippen molar-refractivity contribution in [3.8, 4) is 0 Å². The first-order valence-electron chi connectivity index (χ1n) is 4.48. The van der Waals surface area contributed by atoms with E-state index in [0.29, 0.717) is 12.5 Å². The molecule has 0 bridgehead atoms. The highest BCUT2D eigenvalue weighted by molar-refractivity contribution is 7.80. The fourth-order valence-corrected chi connectivity index (χ4v) is 1.54. The number of nitrogens with two attached hydrogens (primary N) is 2. The number of guanidine groups is 1. The van der Waals surface area contributed by atoms with Gasteiger partial charge >= 0.3 is 0 Å². The first-order chi connectivity index (χ1) is 7.02. The van der Waals surface area contributed by atoms with Gasteiger partial charge in [0.1, 0.15) is 6.17 Å². The van der Waals surface area contributed by atoms with Gasteiger partial charge < -0.3 is 27.0 Å². The Kier molecular flexibility index (Phi) is 4.04. The molecule has 84 valence electrons. The summed E-state index contributed by atoms with van der Waals surface area (Å²) in [7, 11) is 0. The molecule has 0 amide bonds. The van der Waals surface area contributed by atoms with Gasteiger partial charge in [0.05, 0.1) is 6.54 Å². The van der Waals surface area contributed by atoms with Gasteiger partial charge in [0.15, 0.2) is 10.2 Å². The van der Waals surface area contributed by atoms with E-state index < -0.39 is 0 Å². The summed E-state index contributed by atoms with van der Waals surface area (Å²) >= 11 is 9.49. The van der Waals surface area contributed by atoms with Crippen molar-refractivity contribution in [2.75, 3.05) is 13.1 Å². The third kappa shape index (κ3) is 3.48. The monoisotopic (exact) mass is 246 g/mol. The minimum absolute atomic E-state index is 0.140. The molecule has 0 radical (unpaired) electrons. The largest absolute Gasteiger partial charge is 0.376 e. The lowest BCUT2D eigenvalue weighted by molar-refractivity contribution is 0.428. The first kappa shape index (κ1) is 11.9. The van der Waals surface area contributed by atoms with Crippen molar-refractivity contribution in [1.29, 1.82) is 0 Å². The number of aliphatic imine (C=N–C) groups is 1. The summed E-state index contributed by atoms with van der Waals surface area (Å²) < 4.78 is 0. The van der Waals surface area contributed by atoms with Crippen LogP contribution in [0.15, 0.2) is 4.99 Å². The lowest BCUT2D eigenvalue weighted by Crippen LogP contribution is -2.44. The lowest BCUT2D eigenvalue weighted by Gasteiger charge is -2.18. The number of hydrogen-bond acceptors (Lipinski definition) is 4. The predicted molar refractivity (Wildman–Crippen MR) is 68.3 cm³/mol. The van der Waals surface area contributed by atoms with Gasteiger partial charge in [0.2, 0.25) is 5.96 Å². The third-order valence-corrected chi connectivity index (χ3v) is 2.12. The van der Waals surface area contributed by atoms with Crippen LogP contribution in [0.25, 0.3) is 0 Å². The van der Waals surface area contributed by atoms with Crippen LogP contribution in [-0.2, 0) is 0 Å². The normalized spacial score (nSPS) is 19.7. The van der Waals surface area contributed by atoms with Gasteiger partial charge in [-0.2, -0.15) is 0 Å². The van der Waals surface area contributed by atoms with Crippen LogP contribution in [0.3, 0.4) is 0 Å². The van der Waals surface area contributed by atoms with Crippen molar-refractivity contribution >= 4 is 40.6 Å². The molecule has 6 nitrogen and oxygen atoms in total. The van der Waals surface area contributed by atoms with E-state index in [4.69, 9.17) is 35.9 Å². The summed E-state index contributed by atoms with van der Waals surface area (Å²) in [6.45, 7) is 3.52. The summed E-state index contributed by atoms with van der Waals surface area (Å²) in [6, 6.07) is 0. The summed E-state index contributed by atoms with van der Waals surface area (Å²) in [5.74, 6) is 0.652. The van der Waals surface area contributed by atoms with Gasteiger partial charge in [-0.1, -0.05) is 0 Å². The van der Waals surface area contributed by atoms with Crippen molar-refractivity contribution in [3.05, 3.63) is 0 Å². The molecule has 1 heterocycles. The van der Waals surface area contributed by atoms with E-state index in [2.05, 4.69) is 15.6 Å². The molecule has 1 unspecified atom stereocenters. The van der Waals surface area contributed by atoms with Crippen LogP contribution in [0.1, 0.15) is 6.92 Å².